The summed E-state index contributed by atoms with van der Waals surface area (Å²) in [5, 5.41) is 1.43. The van der Waals surface area contributed by atoms with Crippen LogP contribution >= 0.6 is 23.2 Å². The minimum atomic E-state index is 0. The molecule has 0 saturated carbocycles. The number of benzene rings is 3. The molecule has 0 unspecified atom stereocenters. The van der Waals surface area contributed by atoms with E-state index in [4.69, 9.17) is 23.2 Å². The number of hydrogen-bond acceptors (Lipinski definition) is 0. The lowest BCUT2D eigenvalue weighted by molar-refractivity contribution is 1.57. The van der Waals surface area contributed by atoms with E-state index in [1.807, 2.05) is 60.7 Å². The Morgan fingerprint density at radius 2 is 1.30 bits per heavy atom. The second-order valence-corrected chi connectivity index (χ2v) is 5.78. The molecule has 0 aromatic heterocycles. The molecule has 3 aromatic rings. The molecular formula is C21H18Cl2. The Hall–Kier alpha value is -2.02. The molecule has 3 rings (SSSR count). The van der Waals surface area contributed by atoms with Crippen molar-refractivity contribution in [2.45, 2.75) is 7.43 Å². The van der Waals surface area contributed by atoms with Gasteiger partial charge >= 0.3 is 0 Å². The van der Waals surface area contributed by atoms with Gasteiger partial charge in [-0.1, -0.05) is 97.9 Å². The predicted molar refractivity (Wildman–Crippen MR) is 104 cm³/mol. The average Bonchev–Trinajstić information content (AvgIpc) is 2.55. The van der Waals surface area contributed by atoms with Crippen molar-refractivity contribution in [1.29, 1.82) is 0 Å². The van der Waals surface area contributed by atoms with Gasteiger partial charge in [0.25, 0.3) is 0 Å². The van der Waals surface area contributed by atoms with Crippen molar-refractivity contribution < 1.29 is 0 Å². The monoisotopic (exact) mass is 340 g/mol. The van der Waals surface area contributed by atoms with Crippen molar-refractivity contribution in [2.24, 2.45) is 0 Å². The molecule has 0 fully saturated rings. The lowest BCUT2D eigenvalue weighted by Gasteiger charge is -2.13. The molecule has 116 valence electrons. The third-order valence-corrected chi connectivity index (χ3v) is 4.26. The van der Waals surface area contributed by atoms with Gasteiger partial charge in [-0.3, -0.25) is 0 Å². The van der Waals surface area contributed by atoms with E-state index in [9.17, 15) is 0 Å². The summed E-state index contributed by atoms with van der Waals surface area (Å²) in [5.74, 6) is 0. The summed E-state index contributed by atoms with van der Waals surface area (Å²) in [6.07, 6.45) is 1.82. The standard InChI is InChI=1S/C20H14Cl2.CH4/c1-2-14-10-12-15(13-11-14)20-17(7-5-9-19(20)22)16-6-3-4-8-18(16)21;/h2-13H,1H2;1H4. The lowest BCUT2D eigenvalue weighted by Crippen LogP contribution is -1.88. The van der Waals surface area contributed by atoms with Crippen molar-refractivity contribution in [3.8, 4) is 22.3 Å². The van der Waals surface area contributed by atoms with Gasteiger partial charge in [-0.15, -0.1) is 0 Å². The van der Waals surface area contributed by atoms with E-state index in [0.29, 0.717) is 10.0 Å². The first-order valence-electron chi connectivity index (χ1n) is 6.97. The van der Waals surface area contributed by atoms with Crippen molar-refractivity contribution in [3.05, 3.63) is 88.9 Å². The zero-order valence-corrected chi connectivity index (χ0v) is 13.4. The quantitative estimate of drug-likeness (QED) is 0.460. The highest BCUT2D eigenvalue weighted by atomic mass is 35.5. The lowest BCUT2D eigenvalue weighted by atomic mass is 9.94. The van der Waals surface area contributed by atoms with Crippen LogP contribution in [-0.2, 0) is 0 Å². The van der Waals surface area contributed by atoms with E-state index in [1.54, 1.807) is 0 Å². The predicted octanol–water partition coefficient (Wildman–Crippen LogP) is 7.61. The fourth-order valence-corrected chi connectivity index (χ4v) is 3.03. The van der Waals surface area contributed by atoms with E-state index in [1.165, 1.54) is 0 Å². The van der Waals surface area contributed by atoms with E-state index < -0.39 is 0 Å². The van der Waals surface area contributed by atoms with E-state index in [2.05, 4.69) is 18.7 Å². The fraction of sp³-hybridized carbons (Fsp3) is 0.0476. The highest BCUT2D eigenvalue weighted by Gasteiger charge is 2.13. The molecular weight excluding hydrogens is 323 g/mol. The first-order valence-corrected chi connectivity index (χ1v) is 7.72. The van der Waals surface area contributed by atoms with Gasteiger partial charge in [0.1, 0.15) is 0 Å². The Morgan fingerprint density at radius 3 is 1.96 bits per heavy atom. The third kappa shape index (κ3) is 3.50. The van der Waals surface area contributed by atoms with Crippen LogP contribution in [-0.4, -0.2) is 0 Å². The highest BCUT2D eigenvalue weighted by molar-refractivity contribution is 6.35. The van der Waals surface area contributed by atoms with Crippen LogP contribution in [0.5, 0.6) is 0 Å². The molecule has 0 spiro atoms. The highest BCUT2D eigenvalue weighted by Crippen LogP contribution is 2.40. The van der Waals surface area contributed by atoms with Crippen molar-refractivity contribution >= 4 is 29.3 Å². The molecule has 0 heterocycles. The molecule has 0 saturated heterocycles. The van der Waals surface area contributed by atoms with Gasteiger partial charge in [-0.2, -0.15) is 0 Å². The number of halogens is 2. The third-order valence-electron chi connectivity index (χ3n) is 3.61. The summed E-state index contributed by atoms with van der Waals surface area (Å²) in [6.45, 7) is 3.78. The Morgan fingerprint density at radius 1 is 0.696 bits per heavy atom. The molecule has 0 atom stereocenters. The van der Waals surface area contributed by atoms with Crippen molar-refractivity contribution in [2.75, 3.05) is 0 Å². The minimum absolute atomic E-state index is 0. The molecule has 0 bridgehead atoms. The Bertz CT molecular complexity index is 818. The van der Waals surface area contributed by atoms with Crippen LogP contribution in [0, 0.1) is 0 Å². The van der Waals surface area contributed by atoms with Gasteiger partial charge in [-0.05, 0) is 28.8 Å². The molecule has 2 heteroatoms. The Kier molecular flexibility index (Phi) is 5.65. The maximum Gasteiger partial charge on any atom is 0.0490 e. The van der Waals surface area contributed by atoms with Gasteiger partial charge in [0.15, 0.2) is 0 Å². The molecule has 0 radical (unpaired) electrons. The maximum absolute atomic E-state index is 6.48. The molecule has 0 aliphatic carbocycles. The van der Waals surface area contributed by atoms with Crippen LogP contribution in [0.25, 0.3) is 28.3 Å². The molecule has 0 aliphatic heterocycles. The van der Waals surface area contributed by atoms with Gasteiger partial charge in [0.2, 0.25) is 0 Å². The Labute approximate surface area is 148 Å². The van der Waals surface area contributed by atoms with Gasteiger partial charge < -0.3 is 0 Å². The van der Waals surface area contributed by atoms with Crippen molar-refractivity contribution in [3.63, 3.8) is 0 Å². The van der Waals surface area contributed by atoms with E-state index >= 15 is 0 Å². The number of hydrogen-bond donors (Lipinski definition) is 0. The summed E-state index contributed by atoms with van der Waals surface area (Å²) in [6, 6.07) is 21.9. The molecule has 23 heavy (non-hydrogen) atoms. The number of rotatable bonds is 3. The van der Waals surface area contributed by atoms with Crippen LogP contribution in [0.3, 0.4) is 0 Å². The van der Waals surface area contributed by atoms with Gasteiger partial charge in [-0.25, -0.2) is 0 Å². The summed E-state index contributed by atoms with van der Waals surface area (Å²) in [7, 11) is 0. The normalized spacial score (nSPS) is 10.0. The molecule has 0 nitrogen and oxygen atoms in total. The van der Waals surface area contributed by atoms with Gasteiger partial charge in [0.05, 0.1) is 0 Å². The zero-order valence-electron chi connectivity index (χ0n) is 11.9. The van der Waals surface area contributed by atoms with Crippen LogP contribution in [0.4, 0.5) is 0 Å². The second-order valence-electron chi connectivity index (χ2n) is 4.97. The largest absolute Gasteiger partial charge is 0.0985 e. The summed E-state index contributed by atoms with van der Waals surface area (Å²) < 4.78 is 0. The van der Waals surface area contributed by atoms with E-state index in [-0.39, 0.29) is 7.43 Å². The van der Waals surface area contributed by atoms with Crippen LogP contribution in [0.2, 0.25) is 10.0 Å². The average molecular weight is 341 g/mol. The molecule has 0 N–H and O–H groups in total. The topological polar surface area (TPSA) is 0 Å². The maximum atomic E-state index is 6.48. The van der Waals surface area contributed by atoms with E-state index in [0.717, 1.165) is 27.8 Å². The molecule has 3 aromatic carbocycles. The fourth-order valence-electron chi connectivity index (χ4n) is 2.51. The Balaban J connectivity index is 0.00000192. The first-order chi connectivity index (χ1) is 10.7. The minimum Gasteiger partial charge on any atom is -0.0985 e. The van der Waals surface area contributed by atoms with Crippen LogP contribution < -0.4 is 0 Å². The zero-order chi connectivity index (χ0) is 15.5. The first kappa shape index (κ1) is 17.3. The summed E-state index contributed by atoms with van der Waals surface area (Å²) >= 11 is 12.8. The van der Waals surface area contributed by atoms with Gasteiger partial charge in [0, 0.05) is 21.2 Å². The van der Waals surface area contributed by atoms with Crippen molar-refractivity contribution in [1.82, 2.24) is 0 Å². The second kappa shape index (κ2) is 7.50. The van der Waals surface area contributed by atoms with Crippen LogP contribution in [0.15, 0.2) is 73.3 Å². The van der Waals surface area contributed by atoms with Crippen LogP contribution in [0.1, 0.15) is 13.0 Å². The summed E-state index contributed by atoms with van der Waals surface area (Å²) in [4.78, 5) is 0. The molecule has 0 amide bonds. The summed E-state index contributed by atoms with van der Waals surface area (Å²) in [5.41, 5.74) is 5.15. The SMILES string of the molecule is C.C=Cc1ccc(-c2c(Cl)cccc2-c2ccccc2Cl)cc1. The smallest absolute Gasteiger partial charge is 0.0490 e. The molecule has 0 aliphatic rings.